The summed E-state index contributed by atoms with van der Waals surface area (Å²) in [5.74, 6) is -0.450. The van der Waals surface area contributed by atoms with Crippen LogP contribution in [0.25, 0.3) is 23.0 Å². The predicted octanol–water partition coefficient (Wildman–Crippen LogP) is 3.53. The maximum atomic E-state index is 13.4. The Labute approximate surface area is 187 Å². The molecule has 1 aliphatic heterocycles. The second-order valence-electron chi connectivity index (χ2n) is 7.65. The summed E-state index contributed by atoms with van der Waals surface area (Å²) in [5, 5.41) is 7.62. The van der Waals surface area contributed by atoms with Crippen molar-refractivity contribution in [2.75, 3.05) is 39.4 Å². The van der Waals surface area contributed by atoms with Crippen LogP contribution in [0.15, 0.2) is 66.9 Å². The molecule has 1 saturated heterocycles. The molecule has 0 saturated carbocycles. The molecule has 0 unspecified atom stereocenters. The molecular weight excluding hydrogens is 407 g/mol. The van der Waals surface area contributed by atoms with Crippen LogP contribution in [0.1, 0.15) is 12.0 Å². The summed E-state index contributed by atoms with van der Waals surface area (Å²) in [6.45, 7) is 5.03. The van der Waals surface area contributed by atoms with E-state index in [0.717, 1.165) is 56.1 Å². The molecule has 3 aromatic rings. The monoisotopic (exact) mass is 434 g/mol. The van der Waals surface area contributed by atoms with Crippen LogP contribution in [0.2, 0.25) is 0 Å². The Morgan fingerprint density at radius 1 is 1.09 bits per heavy atom. The highest BCUT2D eigenvalue weighted by Crippen LogP contribution is 2.25. The van der Waals surface area contributed by atoms with Gasteiger partial charge in [-0.25, -0.2) is 9.07 Å². The van der Waals surface area contributed by atoms with Gasteiger partial charge in [0.1, 0.15) is 5.82 Å². The average molecular weight is 435 g/mol. The number of hydrogen-bond acceptors (Lipinski definition) is 4. The molecule has 32 heavy (non-hydrogen) atoms. The average Bonchev–Trinajstić information content (AvgIpc) is 3.26. The zero-order chi connectivity index (χ0) is 22.2. The fraction of sp³-hybridized carbons (Fsp3) is 0.280. The number of benzene rings is 2. The number of ether oxygens (including phenoxy) is 1. The van der Waals surface area contributed by atoms with Gasteiger partial charge < -0.3 is 10.1 Å². The number of para-hydroxylation sites is 1. The van der Waals surface area contributed by atoms with Crippen molar-refractivity contribution < 1.29 is 13.9 Å². The van der Waals surface area contributed by atoms with Crippen LogP contribution < -0.4 is 5.32 Å². The van der Waals surface area contributed by atoms with Crippen molar-refractivity contribution in [3.8, 4) is 16.9 Å². The highest BCUT2D eigenvalue weighted by molar-refractivity contribution is 5.92. The standard InChI is InChI=1S/C25H27FN4O2/c26-22-10-7-20(8-11-22)25-21(19-30(28-25)23-5-2-1-3-6-23)9-12-24(31)27-13-4-14-29-15-17-32-18-16-29/h1-3,5-12,19H,4,13-18H2,(H,27,31). The van der Waals surface area contributed by atoms with Gasteiger partial charge in [0.05, 0.1) is 24.6 Å². The van der Waals surface area contributed by atoms with E-state index in [4.69, 9.17) is 4.74 Å². The Bertz CT molecular complexity index is 1040. The Balaban J connectivity index is 1.42. The minimum Gasteiger partial charge on any atom is -0.379 e. The summed E-state index contributed by atoms with van der Waals surface area (Å²) in [7, 11) is 0. The number of nitrogens with zero attached hydrogens (tertiary/aromatic N) is 3. The number of amides is 1. The lowest BCUT2D eigenvalue weighted by molar-refractivity contribution is -0.116. The van der Waals surface area contributed by atoms with Gasteiger partial charge in [-0.1, -0.05) is 18.2 Å². The van der Waals surface area contributed by atoms with E-state index in [-0.39, 0.29) is 11.7 Å². The van der Waals surface area contributed by atoms with Crippen molar-refractivity contribution in [1.29, 1.82) is 0 Å². The summed E-state index contributed by atoms with van der Waals surface area (Å²) in [4.78, 5) is 14.7. The van der Waals surface area contributed by atoms with E-state index in [1.165, 1.54) is 18.2 Å². The van der Waals surface area contributed by atoms with Gasteiger partial charge in [0.25, 0.3) is 0 Å². The molecular formula is C25H27FN4O2. The minimum atomic E-state index is -0.301. The molecule has 7 heteroatoms. The molecule has 4 rings (SSSR count). The highest BCUT2D eigenvalue weighted by atomic mass is 19.1. The van der Waals surface area contributed by atoms with Gasteiger partial charge in [0, 0.05) is 43.0 Å². The van der Waals surface area contributed by atoms with E-state index >= 15 is 0 Å². The fourth-order valence-corrected chi connectivity index (χ4v) is 3.62. The number of carbonyl (C=O) groups excluding carboxylic acids is 1. The maximum Gasteiger partial charge on any atom is 0.244 e. The third-order valence-corrected chi connectivity index (χ3v) is 5.35. The number of nitrogens with one attached hydrogen (secondary N) is 1. The molecule has 0 radical (unpaired) electrons. The molecule has 1 fully saturated rings. The van der Waals surface area contributed by atoms with Gasteiger partial charge >= 0.3 is 0 Å². The molecule has 0 aliphatic carbocycles. The predicted molar refractivity (Wildman–Crippen MR) is 123 cm³/mol. The van der Waals surface area contributed by atoms with Crippen LogP contribution >= 0.6 is 0 Å². The first-order valence-corrected chi connectivity index (χ1v) is 10.9. The quantitative estimate of drug-likeness (QED) is 0.435. The first kappa shape index (κ1) is 21.9. The van der Waals surface area contributed by atoms with Gasteiger partial charge in [-0.3, -0.25) is 9.69 Å². The van der Waals surface area contributed by atoms with Crippen LogP contribution in [-0.2, 0) is 9.53 Å². The Kier molecular flexibility index (Phi) is 7.42. The smallest absolute Gasteiger partial charge is 0.244 e. The number of morpholine rings is 1. The van der Waals surface area contributed by atoms with Crippen molar-refractivity contribution in [2.45, 2.75) is 6.42 Å². The van der Waals surface area contributed by atoms with Crippen LogP contribution in [-0.4, -0.2) is 60.0 Å². The highest BCUT2D eigenvalue weighted by Gasteiger charge is 2.12. The van der Waals surface area contributed by atoms with Gasteiger partial charge in [0.15, 0.2) is 0 Å². The van der Waals surface area contributed by atoms with Crippen LogP contribution in [0.3, 0.4) is 0 Å². The molecule has 1 aromatic heterocycles. The van der Waals surface area contributed by atoms with E-state index in [1.54, 1.807) is 22.9 Å². The SMILES string of the molecule is O=C(C=Cc1cn(-c2ccccc2)nc1-c1ccc(F)cc1)NCCCN1CCOCC1. The zero-order valence-electron chi connectivity index (χ0n) is 17.9. The van der Waals surface area contributed by atoms with E-state index in [2.05, 4.69) is 15.3 Å². The first-order valence-electron chi connectivity index (χ1n) is 10.9. The molecule has 1 N–H and O–H groups in total. The number of halogens is 1. The molecule has 2 heterocycles. The van der Waals surface area contributed by atoms with E-state index in [0.29, 0.717) is 12.2 Å². The van der Waals surface area contributed by atoms with E-state index < -0.39 is 0 Å². The molecule has 6 nitrogen and oxygen atoms in total. The molecule has 0 spiro atoms. The molecule has 0 bridgehead atoms. The van der Waals surface area contributed by atoms with Crippen molar-refractivity contribution in [1.82, 2.24) is 20.0 Å². The van der Waals surface area contributed by atoms with Crippen molar-refractivity contribution in [3.63, 3.8) is 0 Å². The lowest BCUT2D eigenvalue weighted by Crippen LogP contribution is -2.38. The van der Waals surface area contributed by atoms with E-state index in [1.807, 2.05) is 36.5 Å². The summed E-state index contributed by atoms with van der Waals surface area (Å²) in [5.41, 5.74) is 3.16. The zero-order valence-corrected chi connectivity index (χ0v) is 17.9. The normalized spacial score (nSPS) is 14.7. The third-order valence-electron chi connectivity index (χ3n) is 5.35. The van der Waals surface area contributed by atoms with Crippen molar-refractivity contribution >= 4 is 12.0 Å². The Morgan fingerprint density at radius 3 is 2.59 bits per heavy atom. The maximum absolute atomic E-state index is 13.4. The topological polar surface area (TPSA) is 59.4 Å². The van der Waals surface area contributed by atoms with Crippen LogP contribution in [0, 0.1) is 5.82 Å². The summed E-state index contributed by atoms with van der Waals surface area (Å²) >= 11 is 0. The lowest BCUT2D eigenvalue weighted by atomic mass is 10.1. The Morgan fingerprint density at radius 2 is 1.84 bits per heavy atom. The van der Waals surface area contributed by atoms with E-state index in [9.17, 15) is 9.18 Å². The summed E-state index contributed by atoms with van der Waals surface area (Å²) in [6.07, 6.45) is 6.04. The minimum absolute atomic E-state index is 0.149. The molecule has 0 atom stereocenters. The second kappa shape index (κ2) is 10.8. The molecule has 2 aromatic carbocycles. The lowest BCUT2D eigenvalue weighted by Gasteiger charge is -2.26. The number of aromatic nitrogens is 2. The van der Waals surface area contributed by atoms with Gasteiger partial charge in [-0.2, -0.15) is 5.10 Å². The summed E-state index contributed by atoms with van der Waals surface area (Å²) < 4.78 is 20.5. The number of carbonyl (C=O) groups is 1. The van der Waals surface area contributed by atoms with Crippen molar-refractivity contribution in [2.24, 2.45) is 0 Å². The molecule has 1 aliphatic rings. The van der Waals surface area contributed by atoms with Gasteiger partial charge in [-0.15, -0.1) is 0 Å². The summed E-state index contributed by atoms with van der Waals surface area (Å²) in [6, 6.07) is 15.9. The number of hydrogen-bond donors (Lipinski definition) is 1. The first-order chi connectivity index (χ1) is 15.7. The van der Waals surface area contributed by atoms with Gasteiger partial charge in [-0.05, 0) is 55.4 Å². The number of rotatable bonds is 8. The molecule has 166 valence electrons. The molecule has 1 amide bonds. The largest absolute Gasteiger partial charge is 0.379 e. The van der Waals surface area contributed by atoms with Gasteiger partial charge in [0.2, 0.25) is 5.91 Å². The third kappa shape index (κ3) is 5.90. The van der Waals surface area contributed by atoms with Crippen molar-refractivity contribution in [3.05, 3.63) is 78.3 Å². The second-order valence-corrected chi connectivity index (χ2v) is 7.65. The fourth-order valence-electron chi connectivity index (χ4n) is 3.62. The Hall–Kier alpha value is -3.29. The van der Waals surface area contributed by atoms with Crippen LogP contribution in [0.5, 0.6) is 0 Å². The van der Waals surface area contributed by atoms with Crippen LogP contribution in [0.4, 0.5) is 4.39 Å².